The summed E-state index contributed by atoms with van der Waals surface area (Å²) < 4.78 is 11.6. The lowest BCUT2D eigenvalue weighted by atomic mass is 10.1. The fourth-order valence-electron chi connectivity index (χ4n) is 1.61. The molecule has 6 heteroatoms. The highest BCUT2D eigenvalue weighted by Gasteiger charge is 2.20. The predicted octanol–water partition coefficient (Wildman–Crippen LogP) is 2.08. The molecule has 2 atom stereocenters. The lowest BCUT2D eigenvalue weighted by molar-refractivity contribution is -0.122. The summed E-state index contributed by atoms with van der Waals surface area (Å²) in [7, 11) is -0.970. The summed E-state index contributed by atoms with van der Waals surface area (Å²) in [6.45, 7) is 8.12. The molecule has 0 radical (unpaired) electrons. The molecule has 21 heavy (non-hydrogen) atoms. The number of nitrogens with one attached hydrogen (secondary N) is 1. The van der Waals surface area contributed by atoms with Crippen molar-refractivity contribution in [2.75, 3.05) is 12.3 Å². The average Bonchev–Trinajstić information content (AvgIpc) is 2.37. The third-order valence-electron chi connectivity index (χ3n) is 2.99. The Labute approximate surface area is 135 Å². The maximum absolute atomic E-state index is 11.9. The van der Waals surface area contributed by atoms with Crippen molar-refractivity contribution in [2.24, 2.45) is 5.73 Å². The zero-order valence-electron chi connectivity index (χ0n) is 13.0. The molecule has 2 unspecified atom stereocenters. The minimum absolute atomic E-state index is 0. The van der Waals surface area contributed by atoms with E-state index < -0.39 is 16.8 Å². The van der Waals surface area contributed by atoms with E-state index in [2.05, 4.69) is 5.32 Å². The van der Waals surface area contributed by atoms with E-state index in [9.17, 15) is 9.00 Å². The number of halogens is 1. The third-order valence-corrected chi connectivity index (χ3v) is 4.93. The van der Waals surface area contributed by atoms with E-state index in [1.165, 1.54) is 0 Å². The summed E-state index contributed by atoms with van der Waals surface area (Å²) in [5, 5.41) is 2.74. The van der Waals surface area contributed by atoms with Gasteiger partial charge in [0.2, 0.25) is 5.91 Å². The van der Waals surface area contributed by atoms with Crippen molar-refractivity contribution in [3.63, 3.8) is 0 Å². The van der Waals surface area contributed by atoms with E-state index in [1.54, 1.807) is 0 Å². The summed E-state index contributed by atoms with van der Waals surface area (Å²) >= 11 is 0. The van der Waals surface area contributed by atoms with Gasteiger partial charge in [-0.25, -0.2) is 0 Å². The number of aryl methyl sites for hydroxylation is 1. The highest BCUT2D eigenvalue weighted by molar-refractivity contribution is 7.86. The molecule has 0 fully saturated rings. The Morgan fingerprint density at radius 3 is 2.29 bits per heavy atom. The lowest BCUT2D eigenvalue weighted by Gasteiger charge is -2.18. The predicted molar refractivity (Wildman–Crippen MR) is 91.1 cm³/mol. The Morgan fingerprint density at radius 2 is 1.81 bits per heavy atom. The van der Waals surface area contributed by atoms with Crippen LogP contribution in [0.3, 0.4) is 0 Å². The summed E-state index contributed by atoms with van der Waals surface area (Å²) in [4.78, 5) is 11.9. The SMILES string of the molecule is Cc1ccc(C(N)C(=O)NCCS(=O)C(C)(C)C)cc1.Cl. The minimum atomic E-state index is -0.970. The maximum atomic E-state index is 11.9. The van der Waals surface area contributed by atoms with Crippen LogP contribution in [0.15, 0.2) is 24.3 Å². The van der Waals surface area contributed by atoms with Crippen LogP contribution in [-0.2, 0) is 15.6 Å². The Balaban J connectivity index is 0.00000400. The van der Waals surface area contributed by atoms with Crippen LogP contribution in [0.5, 0.6) is 0 Å². The standard InChI is InChI=1S/C15H24N2O2S.ClH/c1-11-5-7-12(8-6-11)13(16)14(18)17-9-10-20(19)15(2,3)4;/h5-8,13H,9-10,16H2,1-4H3,(H,17,18);1H. The molecule has 0 saturated carbocycles. The van der Waals surface area contributed by atoms with Crippen molar-refractivity contribution in [1.82, 2.24) is 5.32 Å². The van der Waals surface area contributed by atoms with E-state index in [0.29, 0.717) is 12.3 Å². The van der Waals surface area contributed by atoms with Gasteiger partial charge < -0.3 is 11.1 Å². The van der Waals surface area contributed by atoms with Crippen LogP contribution in [0, 0.1) is 6.92 Å². The zero-order chi connectivity index (χ0) is 15.3. The molecule has 0 bridgehead atoms. The number of rotatable bonds is 5. The number of nitrogens with two attached hydrogens (primary N) is 1. The number of carbonyl (C=O) groups is 1. The number of carbonyl (C=O) groups excluding carboxylic acids is 1. The molecule has 1 aromatic carbocycles. The monoisotopic (exact) mass is 332 g/mol. The van der Waals surface area contributed by atoms with Gasteiger partial charge in [-0.1, -0.05) is 29.8 Å². The van der Waals surface area contributed by atoms with Crippen LogP contribution in [-0.4, -0.2) is 27.2 Å². The highest BCUT2D eigenvalue weighted by Crippen LogP contribution is 2.12. The topological polar surface area (TPSA) is 72.2 Å². The molecule has 0 saturated heterocycles. The van der Waals surface area contributed by atoms with Crippen molar-refractivity contribution < 1.29 is 9.00 Å². The molecule has 0 aromatic heterocycles. The normalized spacial score (nSPS) is 14.0. The van der Waals surface area contributed by atoms with Crippen LogP contribution >= 0.6 is 12.4 Å². The first-order valence-corrected chi connectivity index (χ1v) is 8.02. The number of benzene rings is 1. The molecule has 0 heterocycles. The first-order chi connectivity index (χ1) is 9.21. The van der Waals surface area contributed by atoms with Gasteiger partial charge in [-0.3, -0.25) is 9.00 Å². The highest BCUT2D eigenvalue weighted by atomic mass is 35.5. The Hall–Kier alpha value is -0.910. The quantitative estimate of drug-likeness (QED) is 0.867. The Morgan fingerprint density at radius 1 is 1.29 bits per heavy atom. The van der Waals surface area contributed by atoms with E-state index in [0.717, 1.165) is 11.1 Å². The van der Waals surface area contributed by atoms with Gasteiger partial charge in [0.15, 0.2) is 0 Å². The van der Waals surface area contributed by atoms with Crippen molar-refractivity contribution in [3.05, 3.63) is 35.4 Å². The van der Waals surface area contributed by atoms with Crippen molar-refractivity contribution in [1.29, 1.82) is 0 Å². The van der Waals surface area contributed by atoms with E-state index in [1.807, 2.05) is 52.0 Å². The smallest absolute Gasteiger partial charge is 0.241 e. The molecular weight excluding hydrogens is 308 g/mol. The summed E-state index contributed by atoms with van der Waals surface area (Å²) in [5.74, 6) is 0.204. The summed E-state index contributed by atoms with van der Waals surface area (Å²) in [5.41, 5.74) is 7.81. The fourth-order valence-corrected chi connectivity index (χ4v) is 2.51. The molecule has 3 N–H and O–H groups in total. The largest absolute Gasteiger partial charge is 0.354 e. The van der Waals surface area contributed by atoms with Gasteiger partial charge in [0.05, 0.1) is 0 Å². The summed E-state index contributed by atoms with van der Waals surface area (Å²) in [6, 6.07) is 6.88. The van der Waals surface area contributed by atoms with Crippen molar-refractivity contribution in [2.45, 2.75) is 38.5 Å². The molecule has 1 amide bonds. The second kappa shape index (κ2) is 8.51. The molecule has 120 valence electrons. The van der Waals surface area contributed by atoms with Gasteiger partial charge in [0, 0.05) is 27.8 Å². The van der Waals surface area contributed by atoms with Gasteiger partial charge in [-0.2, -0.15) is 0 Å². The third kappa shape index (κ3) is 6.59. The van der Waals surface area contributed by atoms with Crippen molar-refractivity contribution in [3.8, 4) is 0 Å². The number of hydrogen-bond acceptors (Lipinski definition) is 3. The second-order valence-electron chi connectivity index (χ2n) is 5.84. The molecule has 1 rings (SSSR count). The molecule has 0 aliphatic heterocycles. The van der Waals surface area contributed by atoms with E-state index >= 15 is 0 Å². The molecule has 0 spiro atoms. The second-order valence-corrected chi connectivity index (χ2v) is 8.17. The maximum Gasteiger partial charge on any atom is 0.241 e. The van der Waals surface area contributed by atoms with Crippen molar-refractivity contribution >= 4 is 29.1 Å². The molecular formula is C15H25ClN2O2S. The zero-order valence-corrected chi connectivity index (χ0v) is 14.6. The summed E-state index contributed by atoms with van der Waals surface area (Å²) in [6.07, 6.45) is 0. The van der Waals surface area contributed by atoms with Gasteiger partial charge in [-0.05, 0) is 33.3 Å². The number of hydrogen-bond donors (Lipinski definition) is 2. The van der Waals surface area contributed by atoms with E-state index in [-0.39, 0.29) is 23.1 Å². The van der Waals surface area contributed by atoms with Crippen LogP contribution in [0.25, 0.3) is 0 Å². The van der Waals surface area contributed by atoms with Crippen LogP contribution in [0.1, 0.15) is 37.9 Å². The van der Waals surface area contributed by atoms with Gasteiger partial charge in [0.1, 0.15) is 6.04 Å². The average molecular weight is 333 g/mol. The van der Waals surface area contributed by atoms with Crippen LogP contribution in [0.4, 0.5) is 0 Å². The van der Waals surface area contributed by atoms with Crippen LogP contribution < -0.4 is 11.1 Å². The first-order valence-electron chi connectivity index (χ1n) is 6.70. The van der Waals surface area contributed by atoms with Gasteiger partial charge in [0.25, 0.3) is 0 Å². The number of amides is 1. The lowest BCUT2D eigenvalue weighted by Crippen LogP contribution is -2.37. The Bertz CT molecular complexity index is 483. The molecule has 0 aliphatic carbocycles. The minimum Gasteiger partial charge on any atom is -0.354 e. The fraction of sp³-hybridized carbons (Fsp3) is 0.533. The van der Waals surface area contributed by atoms with Gasteiger partial charge in [-0.15, -0.1) is 12.4 Å². The molecule has 0 aliphatic rings. The molecule has 1 aromatic rings. The Kier molecular flexibility index (Phi) is 8.14. The molecule has 4 nitrogen and oxygen atoms in total. The van der Waals surface area contributed by atoms with Crippen LogP contribution in [0.2, 0.25) is 0 Å². The van der Waals surface area contributed by atoms with E-state index in [4.69, 9.17) is 5.73 Å². The van der Waals surface area contributed by atoms with Gasteiger partial charge >= 0.3 is 0 Å². The first kappa shape index (κ1) is 20.1.